The first-order chi connectivity index (χ1) is 14.0. The summed E-state index contributed by atoms with van der Waals surface area (Å²) >= 11 is 14.3. The van der Waals surface area contributed by atoms with Gasteiger partial charge in [-0.25, -0.2) is 0 Å². The van der Waals surface area contributed by atoms with Crippen LogP contribution in [-0.2, 0) is 0 Å². The van der Waals surface area contributed by atoms with Gasteiger partial charge in [-0.2, -0.15) is 0 Å². The monoisotopic (exact) mass is 658 g/mol. The van der Waals surface area contributed by atoms with Crippen LogP contribution >= 0.6 is 63.7 Å². The minimum atomic E-state index is 0.136. The van der Waals surface area contributed by atoms with Gasteiger partial charge in [0.1, 0.15) is 5.75 Å². The zero-order valence-electron chi connectivity index (χ0n) is 17.9. The molecule has 168 valence electrons. The van der Waals surface area contributed by atoms with E-state index in [1.807, 2.05) is 0 Å². The van der Waals surface area contributed by atoms with Crippen LogP contribution in [0.1, 0.15) is 115 Å². The van der Waals surface area contributed by atoms with Gasteiger partial charge in [-0.3, -0.25) is 0 Å². The third kappa shape index (κ3) is 14.6. The number of benzene rings is 1. The van der Waals surface area contributed by atoms with Crippen LogP contribution in [0.3, 0.4) is 0 Å². The normalized spacial score (nSPS) is 11.6. The molecule has 0 atom stereocenters. The van der Waals surface area contributed by atoms with Crippen LogP contribution in [-0.4, -0.2) is 6.61 Å². The highest BCUT2D eigenvalue weighted by molar-refractivity contribution is 9.24. The van der Waals surface area contributed by atoms with E-state index in [0.717, 1.165) is 18.8 Å². The predicted octanol–water partition coefficient (Wildman–Crippen LogP) is 11.1. The highest BCUT2D eigenvalue weighted by atomic mass is 79.9. The Kier molecular flexibility index (Phi) is 17.9. The van der Waals surface area contributed by atoms with Crippen LogP contribution in [0.15, 0.2) is 18.2 Å². The molecule has 0 spiro atoms. The standard InChI is InChI=1S/C24H38Br4O/c1-2-3-4-5-6-7-8-9-10-11-12-13-14-15-16-29-22-18-20(23(25)26)17-21(19-22)24(27)28/h17-19,23-24H,2-16H2,1H3. The summed E-state index contributed by atoms with van der Waals surface area (Å²) in [5.41, 5.74) is 2.34. The summed E-state index contributed by atoms with van der Waals surface area (Å²) < 4.78 is 6.28. The highest BCUT2D eigenvalue weighted by Gasteiger charge is 2.11. The molecule has 0 bridgehead atoms. The quantitative estimate of drug-likeness (QED) is 0.112. The second-order valence-corrected chi connectivity index (χ2v) is 14.0. The average molecular weight is 662 g/mol. The summed E-state index contributed by atoms with van der Waals surface area (Å²) in [7, 11) is 0. The predicted molar refractivity (Wildman–Crippen MR) is 143 cm³/mol. The fraction of sp³-hybridized carbons (Fsp3) is 0.750. The van der Waals surface area contributed by atoms with Crippen molar-refractivity contribution < 1.29 is 4.74 Å². The molecular weight excluding hydrogens is 624 g/mol. The van der Waals surface area contributed by atoms with Crippen LogP contribution in [0.25, 0.3) is 0 Å². The van der Waals surface area contributed by atoms with Gasteiger partial charge in [0.25, 0.3) is 0 Å². The van der Waals surface area contributed by atoms with Crippen molar-refractivity contribution in [2.24, 2.45) is 0 Å². The van der Waals surface area contributed by atoms with E-state index in [-0.39, 0.29) is 7.47 Å². The molecule has 0 fully saturated rings. The Morgan fingerprint density at radius 2 is 0.966 bits per heavy atom. The Balaban J connectivity index is 2.02. The second-order valence-electron chi connectivity index (χ2n) is 7.88. The van der Waals surface area contributed by atoms with Gasteiger partial charge in [0, 0.05) is 0 Å². The first kappa shape index (κ1) is 28.0. The molecule has 0 unspecified atom stereocenters. The molecular formula is C24H38Br4O. The maximum Gasteiger partial charge on any atom is 0.119 e. The molecule has 0 aliphatic rings. The lowest BCUT2D eigenvalue weighted by Gasteiger charge is -2.13. The van der Waals surface area contributed by atoms with E-state index >= 15 is 0 Å². The van der Waals surface area contributed by atoms with E-state index < -0.39 is 0 Å². The van der Waals surface area contributed by atoms with Crippen LogP contribution in [0.5, 0.6) is 5.75 Å². The average Bonchev–Trinajstić information content (AvgIpc) is 2.70. The van der Waals surface area contributed by atoms with Crippen molar-refractivity contribution in [3.05, 3.63) is 29.3 Å². The zero-order chi connectivity index (χ0) is 21.3. The summed E-state index contributed by atoms with van der Waals surface area (Å²) in [6.07, 6.45) is 19.3. The van der Waals surface area contributed by atoms with E-state index in [2.05, 4.69) is 88.8 Å². The summed E-state index contributed by atoms with van der Waals surface area (Å²) in [5.74, 6) is 0.944. The van der Waals surface area contributed by atoms with Crippen LogP contribution in [0, 0.1) is 0 Å². The lowest BCUT2D eigenvalue weighted by molar-refractivity contribution is 0.304. The lowest BCUT2D eigenvalue weighted by atomic mass is 10.0. The van der Waals surface area contributed by atoms with Gasteiger partial charge in [0.15, 0.2) is 0 Å². The van der Waals surface area contributed by atoms with Gasteiger partial charge in [0.2, 0.25) is 0 Å². The summed E-state index contributed by atoms with van der Waals surface area (Å²) in [4.78, 5) is 0. The van der Waals surface area contributed by atoms with Gasteiger partial charge in [-0.05, 0) is 29.7 Å². The Labute approximate surface area is 213 Å². The molecule has 1 aromatic carbocycles. The first-order valence-electron chi connectivity index (χ1n) is 11.4. The van der Waals surface area contributed by atoms with E-state index in [0.29, 0.717) is 0 Å². The van der Waals surface area contributed by atoms with Crippen molar-refractivity contribution in [2.75, 3.05) is 6.61 Å². The molecule has 0 aliphatic carbocycles. The molecule has 0 aromatic heterocycles. The van der Waals surface area contributed by atoms with Crippen LogP contribution in [0.2, 0.25) is 0 Å². The summed E-state index contributed by atoms with van der Waals surface area (Å²) in [6.45, 7) is 3.08. The maximum atomic E-state index is 6.01. The van der Waals surface area contributed by atoms with Gasteiger partial charge in [-0.15, -0.1) is 0 Å². The van der Waals surface area contributed by atoms with Crippen molar-refractivity contribution >= 4 is 63.7 Å². The molecule has 29 heavy (non-hydrogen) atoms. The summed E-state index contributed by atoms with van der Waals surface area (Å²) in [6, 6.07) is 6.36. The molecule has 0 N–H and O–H groups in total. The molecule has 0 aliphatic heterocycles. The Bertz CT molecular complexity index is 493. The maximum absolute atomic E-state index is 6.01. The molecule has 1 nitrogen and oxygen atoms in total. The Hall–Kier alpha value is 0.940. The van der Waals surface area contributed by atoms with E-state index in [4.69, 9.17) is 4.74 Å². The number of hydrogen-bond donors (Lipinski definition) is 0. The van der Waals surface area contributed by atoms with Crippen molar-refractivity contribution in [1.82, 2.24) is 0 Å². The molecule has 0 saturated heterocycles. The fourth-order valence-corrected chi connectivity index (χ4v) is 4.53. The first-order valence-corrected chi connectivity index (χ1v) is 15.0. The van der Waals surface area contributed by atoms with Crippen LogP contribution in [0.4, 0.5) is 0 Å². The van der Waals surface area contributed by atoms with Gasteiger partial charge in [0.05, 0.1) is 14.1 Å². The number of rotatable bonds is 18. The van der Waals surface area contributed by atoms with E-state index in [9.17, 15) is 0 Å². The Morgan fingerprint density at radius 3 is 1.34 bits per heavy atom. The minimum Gasteiger partial charge on any atom is -0.494 e. The largest absolute Gasteiger partial charge is 0.494 e. The summed E-state index contributed by atoms with van der Waals surface area (Å²) in [5, 5.41) is 0. The number of unbranched alkanes of at least 4 members (excludes halogenated alkanes) is 13. The molecule has 0 saturated carbocycles. The highest BCUT2D eigenvalue weighted by Crippen LogP contribution is 2.37. The zero-order valence-corrected chi connectivity index (χ0v) is 24.3. The molecule has 1 rings (SSSR count). The molecule has 0 heterocycles. The Morgan fingerprint density at radius 1 is 0.586 bits per heavy atom. The SMILES string of the molecule is CCCCCCCCCCCCCCCCOc1cc(C(Br)Br)cc(C(Br)Br)c1. The number of halogens is 4. The number of ether oxygens (including phenoxy) is 1. The van der Waals surface area contributed by atoms with Crippen molar-refractivity contribution in [2.45, 2.75) is 104 Å². The number of alkyl halides is 4. The molecule has 1 aromatic rings. The van der Waals surface area contributed by atoms with Crippen LogP contribution < -0.4 is 4.74 Å². The van der Waals surface area contributed by atoms with Crippen molar-refractivity contribution in [1.29, 1.82) is 0 Å². The second kappa shape index (κ2) is 18.5. The van der Waals surface area contributed by atoms with Gasteiger partial charge >= 0.3 is 0 Å². The van der Waals surface area contributed by atoms with Crippen molar-refractivity contribution in [3.63, 3.8) is 0 Å². The van der Waals surface area contributed by atoms with Gasteiger partial charge < -0.3 is 4.74 Å². The third-order valence-electron chi connectivity index (χ3n) is 5.22. The molecule has 0 amide bonds. The van der Waals surface area contributed by atoms with E-state index in [1.165, 1.54) is 94.6 Å². The topological polar surface area (TPSA) is 9.23 Å². The fourth-order valence-electron chi connectivity index (χ4n) is 3.47. The molecule has 5 heteroatoms. The lowest BCUT2D eigenvalue weighted by Crippen LogP contribution is -1.99. The third-order valence-corrected chi connectivity index (χ3v) is 7.34. The minimum absolute atomic E-state index is 0.136. The van der Waals surface area contributed by atoms with Gasteiger partial charge in [-0.1, -0.05) is 160 Å². The smallest absolute Gasteiger partial charge is 0.119 e. The van der Waals surface area contributed by atoms with E-state index in [1.54, 1.807) is 0 Å². The molecule has 0 radical (unpaired) electrons. The number of hydrogen-bond acceptors (Lipinski definition) is 1. The van der Waals surface area contributed by atoms with Crippen molar-refractivity contribution in [3.8, 4) is 5.75 Å².